The first-order chi connectivity index (χ1) is 12.2. The number of amides is 1. The van der Waals surface area contributed by atoms with Gasteiger partial charge < -0.3 is 14.8 Å². The number of hydrogen-bond acceptors (Lipinski definition) is 5. The van der Waals surface area contributed by atoms with Crippen LogP contribution < -0.4 is 5.11 Å². The quantitative estimate of drug-likeness (QED) is 0.760. The first-order valence-corrected chi connectivity index (χ1v) is 9.57. The molecule has 1 unspecified atom stereocenters. The molecule has 1 saturated heterocycles. The Morgan fingerprint density at radius 3 is 2.46 bits per heavy atom. The number of carboxylic acid groups (broad SMARTS) is 1. The van der Waals surface area contributed by atoms with Crippen LogP contribution in [0.15, 0.2) is 47.4 Å². The van der Waals surface area contributed by atoms with Crippen molar-refractivity contribution < 1.29 is 23.1 Å². The summed E-state index contributed by atoms with van der Waals surface area (Å²) < 4.78 is 27.4. The molecule has 0 N–H and O–H groups in total. The molecule has 26 heavy (non-hydrogen) atoms. The Bertz CT molecular complexity index is 988. The summed E-state index contributed by atoms with van der Waals surface area (Å²) >= 11 is 0. The van der Waals surface area contributed by atoms with E-state index in [4.69, 9.17) is 0 Å². The number of rotatable bonds is 4. The molecule has 1 heterocycles. The molecule has 0 spiro atoms. The van der Waals surface area contributed by atoms with Crippen LogP contribution in [0.25, 0.3) is 10.8 Å². The molecule has 1 atom stereocenters. The minimum atomic E-state index is -4.07. The van der Waals surface area contributed by atoms with Gasteiger partial charge in [0.25, 0.3) is 0 Å². The molecule has 0 radical (unpaired) electrons. The number of carbonyl (C=O) groups excluding carboxylic acids is 2. The van der Waals surface area contributed by atoms with E-state index in [1.165, 1.54) is 31.0 Å². The highest BCUT2D eigenvalue weighted by molar-refractivity contribution is 7.89. The van der Waals surface area contributed by atoms with E-state index in [0.717, 1.165) is 15.1 Å². The fourth-order valence-corrected chi connectivity index (χ4v) is 5.16. The normalized spacial score (nSPS) is 21.9. The topological polar surface area (TPSA) is 97.8 Å². The van der Waals surface area contributed by atoms with Crippen molar-refractivity contribution in [2.45, 2.75) is 23.8 Å². The molecule has 0 saturated carbocycles. The molecule has 138 valence electrons. The van der Waals surface area contributed by atoms with E-state index >= 15 is 0 Å². The van der Waals surface area contributed by atoms with Crippen molar-refractivity contribution in [3.63, 3.8) is 0 Å². The molecular formula is C18H19N2O5S-. The first kappa shape index (κ1) is 18.3. The maximum atomic E-state index is 13.2. The minimum Gasteiger partial charge on any atom is -0.550 e. The van der Waals surface area contributed by atoms with Gasteiger partial charge in [0.2, 0.25) is 15.9 Å². The number of carboxylic acids is 1. The number of aliphatic carboxylic acids is 1. The molecule has 0 aliphatic carbocycles. The number of benzene rings is 2. The van der Waals surface area contributed by atoms with Gasteiger partial charge in [-0.25, -0.2) is 8.42 Å². The van der Waals surface area contributed by atoms with Crippen molar-refractivity contribution in [1.29, 1.82) is 0 Å². The predicted octanol–water partition coefficient (Wildman–Crippen LogP) is 0.201. The fourth-order valence-electron chi connectivity index (χ4n) is 3.39. The van der Waals surface area contributed by atoms with Gasteiger partial charge in [0.15, 0.2) is 0 Å². The third-order valence-electron chi connectivity index (χ3n) is 4.79. The number of fused-ring (bicyclic) bond motifs is 1. The molecule has 0 bridgehead atoms. The van der Waals surface area contributed by atoms with Gasteiger partial charge in [-0.15, -0.1) is 0 Å². The van der Waals surface area contributed by atoms with E-state index in [1.807, 2.05) is 12.1 Å². The predicted molar refractivity (Wildman–Crippen MR) is 93.5 cm³/mol. The average molecular weight is 375 g/mol. The lowest BCUT2D eigenvalue weighted by Gasteiger charge is -2.45. The van der Waals surface area contributed by atoms with E-state index in [-0.39, 0.29) is 18.0 Å². The van der Waals surface area contributed by atoms with Crippen molar-refractivity contribution in [1.82, 2.24) is 9.21 Å². The third kappa shape index (κ3) is 2.95. The largest absolute Gasteiger partial charge is 0.550 e. The number of piperazine rings is 1. The highest BCUT2D eigenvalue weighted by Gasteiger charge is 2.50. The van der Waals surface area contributed by atoms with Crippen LogP contribution in [0.4, 0.5) is 0 Å². The zero-order valence-electron chi connectivity index (χ0n) is 14.5. The summed E-state index contributed by atoms with van der Waals surface area (Å²) in [6.07, 6.45) is -0.705. The van der Waals surface area contributed by atoms with E-state index < -0.39 is 33.9 Å². The summed E-state index contributed by atoms with van der Waals surface area (Å²) in [5.41, 5.74) is -1.73. The molecule has 2 aromatic rings. The average Bonchev–Trinajstić information content (AvgIpc) is 2.58. The van der Waals surface area contributed by atoms with Gasteiger partial charge in [-0.2, -0.15) is 4.31 Å². The Morgan fingerprint density at radius 2 is 1.81 bits per heavy atom. The van der Waals surface area contributed by atoms with Gasteiger partial charge in [0.05, 0.1) is 4.90 Å². The summed E-state index contributed by atoms with van der Waals surface area (Å²) in [5, 5.41) is 12.8. The zero-order valence-corrected chi connectivity index (χ0v) is 15.3. The van der Waals surface area contributed by atoms with Crippen LogP contribution in [0.3, 0.4) is 0 Å². The number of nitrogens with zero attached hydrogens (tertiary/aromatic N) is 2. The summed E-state index contributed by atoms with van der Waals surface area (Å²) in [4.78, 5) is 25.2. The number of sulfonamides is 1. The summed E-state index contributed by atoms with van der Waals surface area (Å²) in [6, 6.07) is 12.0. The molecule has 2 aromatic carbocycles. The van der Waals surface area contributed by atoms with Crippen LogP contribution >= 0.6 is 0 Å². The summed E-state index contributed by atoms with van der Waals surface area (Å²) in [7, 11) is -2.54. The first-order valence-electron chi connectivity index (χ1n) is 8.13. The van der Waals surface area contributed by atoms with E-state index in [9.17, 15) is 23.1 Å². The van der Waals surface area contributed by atoms with Crippen molar-refractivity contribution in [3.8, 4) is 0 Å². The number of likely N-dealkylation sites (N-methyl/N-ethyl adjacent to an activating group) is 1. The second-order valence-corrected chi connectivity index (χ2v) is 8.50. The second-order valence-electron chi connectivity index (χ2n) is 6.64. The molecule has 1 aliphatic heterocycles. The van der Waals surface area contributed by atoms with Gasteiger partial charge in [-0.3, -0.25) is 4.79 Å². The van der Waals surface area contributed by atoms with Gasteiger partial charge >= 0.3 is 0 Å². The van der Waals surface area contributed by atoms with Crippen LogP contribution in [0.2, 0.25) is 0 Å². The highest BCUT2D eigenvalue weighted by atomic mass is 32.2. The van der Waals surface area contributed by atoms with Crippen LogP contribution in [0.1, 0.15) is 13.3 Å². The fraction of sp³-hybridized carbons (Fsp3) is 0.333. The number of hydrogen-bond donors (Lipinski definition) is 0. The van der Waals surface area contributed by atoms with E-state index in [1.54, 1.807) is 18.2 Å². The Morgan fingerprint density at radius 1 is 1.15 bits per heavy atom. The Kier molecular flexibility index (Phi) is 4.49. The van der Waals surface area contributed by atoms with E-state index in [0.29, 0.717) is 0 Å². The van der Waals surface area contributed by atoms with Crippen LogP contribution in [0.5, 0.6) is 0 Å². The molecule has 1 fully saturated rings. The molecule has 0 aromatic heterocycles. The lowest BCUT2D eigenvalue weighted by Crippen LogP contribution is -2.66. The molecule has 1 aliphatic rings. The smallest absolute Gasteiger partial charge is 0.244 e. The van der Waals surface area contributed by atoms with Crippen LogP contribution in [-0.2, 0) is 19.6 Å². The van der Waals surface area contributed by atoms with Crippen molar-refractivity contribution in [2.75, 3.05) is 20.1 Å². The van der Waals surface area contributed by atoms with Gasteiger partial charge in [-0.1, -0.05) is 30.3 Å². The molecule has 8 heteroatoms. The van der Waals surface area contributed by atoms with Crippen LogP contribution in [0, 0.1) is 0 Å². The SMILES string of the molecule is CN1CCN(S(=O)(=O)c2ccc3ccccc3c2)C(C)(CC(=O)[O-])C1=O. The maximum Gasteiger partial charge on any atom is 0.244 e. The minimum absolute atomic E-state index is 0.0151. The Balaban J connectivity index is 2.10. The maximum absolute atomic E-state index is 13.2. The monoisotopic (exact) mass is 375 g/mol. The van der Waals surface area contributed by atoms with Gasteiger partial charge in [0, 0.05) is 32.5 Å². The van der Waals surface area contributed by atoms with Gasteiger partial charge in [0.1, 0.15) is 5.54 Å². The number of carbonyl (C=O) groups is 2. The third-order valence-corrected chi connectivity index (χ3v) is 6.81. The lowest BCUT2D eigenvalue weighted by atomic mass is 9.94. The molecule has 7 nitrogen and oxygen atoms in total. The van der Waals surface area contributed by atoms with Crippen molar-refractivity contribution in [2.24, 2.45) is 0 Å². The standard InChI is InChI=1S/C18H20N2O5S/c1-18(12-16(21)22)17(23)19(2)9-10-20(18)26(24,25)15-8-7-13-5-3-4-6-14(13)11-15/h3-8,11H,9-10,12H2,1-2H3,(H,21,22)/p-1. The van der Waals surface area contributed by atoms with E-state index in [2.05, 4.69) is 0 Å². The summed E-state index contributed by atoms with van der Waals surface area (Å²) in [5.74, 6) is -2.04. The second kappa shape index (κ2) is 6.37. The van der Waals surface area contributed by atoms with Crippen molar-refractivity contribution >= 4 is 32.7 Å². The highest BCUT2D eigenvalue weighted by Crippen LogP contribution is 2.32. The summed E-state index contributed by atoms with van der Waals surface area (Å²) in [6.45, 7) is 1.54. The van der Waals surface area contributed by atoms with Crippen LogP contribution in [-0.4, -0.2) is 55.2 Å². The Labute approximate surface area is 151 Å². The molecule has 3 rings (SSSR count). The molecule has 1 amide bonds. The lowest BCUT2D eigenvalue weighted by molar-refractivity contribution is -0.307. The molecular weight excluding hydrogens is 356 g/mol. The zero-order chi connectivity index (χ0) is 19.1. The van der Waals surface area contributed by atoms with Gasteiger partial charge in [-0.05, 0) is 29.8 Å². The Hall–Kier alpha value is -2.45. The van der Waals surface area contributed by atoms with Crippen molar-refractivity contribution in [3.05, 3.63) is 42.5 Å².